The van der Waals surface area contributed by atoms with Crippen LogP contribution in [-0.2, 0) is 9.53 Å². The van der Waals surface area contributed by atoms with Crippen molar-refractivity contribution in [2.45, 2.75) is 38.7 Å². The zero-order valence-corrected chi connectivity index (χ0v) is 15.1. The maximum absolute atomic E-state index is 13.1. The van der Waals surface area contributed by atoms with Gasteiger partial charge in [0.1, 0.15) is 18.0 Å². The van der Waals surface area contributed by atoms with Gasteiger partial charge in [0.15, 0.2) is 0 Å². The Morgan fingerprint density at radius 3 is 2.85 bits per heavy atom. The Bertz CT molecular complexity index is 754. The highest BCUT2D eigenvalue weighted by molar-refractivity contribution is 5.99. The number of anilines is 1. The monoisotopic (exact) mass is 362 g/mol. The van der Waals surface area contributed by atoms with Crippen molar-refractivity contribution in [1.82, 2.24) is 5.32 Å². The third-order valence-electron chi connectivity index (χ3n) is 4.24. The third kappa shape index (κ3) is 4.33. The van der Waals surface area contributed by atoms with Crippen LogP contribution in [0.3, 0.4) is 0 Å². The van der Waals surface area contributed by atoms with Gasteiger partial charge in [-0.3, -0.25) is 4.79 Å². The molecule has 1 aromatic carbocycles. The fourth-order valence-electron chi connectivity index (χ4n) is 2.90. The summed E-state index contributed by atoms with van der Waals surface area (Å²) in [6, 6.07) is 5.42. The van der Waals surface area contributed by atoms with E-state index in [1.807, 2.05) is 6.07 Å². The average Bonchev–Trinajstić information content (AvgIpc) is 3.35. The number of hydrogen-bond acceptors (Lipinski definition) is 4. The van der Waals surface area contributed by atoms with Crippen molar-refractivity contribution in [3.05, 3.63) is 35.7 Å². The first-order valence-corrected chi connectivity index (χ1v) is 8.59. The van der Waals surface area contributed by atoms with Crippen LogP contribution in [0.15, 0.2) is 30.1 Å². The molecule has 7 heteroatoms. The number of carbonyl (C=O) groups excluding carboxylic acids is 2. The van der Waals surface area contributed by atoms with Gasteiger partial charge in [0.25, 0.3) is 0 Å². The molecule has 3 rings (SSSR count). The van der Waals surface area contributed by atoms with E-state index in [0.29, 0.717) is 12.1 Å². The van der Waals surface area contributed by atoms with Gasteiger partial charge in [-0.2, -0.15) is 0 Å². The first-order valence-electron chi connectivity index (χ1n) is 8.59. The lowest BCUT2D eigenvalue weighted by Gasteiger charge is -2.20. The molecule has 2 N–H and O–H groups in total. The fourth-order valence-corrected chi connectivity index (χ4v) is 2.90. The van der Waals surface area contributed by atoms with Gasteiger partial charge in [-0.1, -0.05) is 0 Å². The van der Waals surface area contributed by atoms with E-state index >= 15 is 0 Å². The van der Waals surface area contributed by atoms with Gasteiger partial charge < -0.3 is 20.1 Å². The molecule has 1 aromatic rings. The molecule has 0 aromatic heterocycles. The molecule has 1 heterocycles. The van der Waals surface area contributed by atoms with E-state index in [1.54, 1.807) is 32.9 Å². The Morgan fingerprint density at radius 2 is 2.15 bits per heavy atom. The standard InChI is InChI=1S/C19H23FN2O4/c1-19(2,3)26-18(24)21-9-11(8-20)10-25-12-4-5-16-14(6-12)13-7-15(13)17(23)22-16/h4-6,8,13,15H,7,9-10H2,1-3H3,(H,21,24)(H,22,23)/b11-8-. The van der Waals surface area contributed by atoms with Crippen LogP contribution in [0.2, 0.25) is 0 Å². The molecule has 1 saturated carbocycles. The van der Waals surface area contributed by atoms with Gasteiger partial charge in [0, 0.05) is 23.7 Å². The lowest BCUT2D eigenvalue weighted by atomic mass is 10.0. The van der Waals surface area contributed by atoms with Gasteiger partial charge >= 0.3 is 6.09 Å². The van der Waals surface area contributed by atoms with E-state index in [-0.39, 0.29) is 36.5 Å². The topological polar surface area (TPSA) is 76.7 Å². The second kappa shape index (κ2) is 6.97. The molecular weight excluding hydrogens is 339 g/mol. The maximum Gasteiger partial charge on any atom is 0.407 e. The Kier molecular flexibility index (Phi) is 4.89. The molecule has 26 heavy (non-hydrogen) atoms. The molecule has 2 unspecified atom stereocenters. The van der Waals surface area contributed by atoms with E-state index in [2.05, 4.69) is 10.6 Å². The van der Waals surface area contributed by atoms with Gasteiger partial charge in [0.2, 0.25) is 5.91 Å². The van der Waals surface area contributed by atoms with E-state index in [4.69, 9.17) is 9.47 Å². The first-order chi connectivity index (χ1) is 12.3. The van der Waals surface area contributed by atoms with Gasteiger partial charge in [-0.15, -0.1) is 0 Å². The molecule has 6 nitrogen and oxygen atoms in total. The molecule has 0 radical (unpaired) electrons. The summed E-state index contributed by atoms with van der Waals surface area (Å²) in [5, 5.41) is 5.38. The van der Waals surface area contributed by atoms with Crippen molar-refractivity contribution in [1.29, 1.82) is 0 Å². The van der Waals surface area contributed by atoms with Crippen LogP contribution in [0.4, 0.5) is 14.9 Å². The summed E-state index contributed by atoms with van der Waals surface area (Å²) in [5.41, 5.74) is 1.55. The highest BCUT2D eigenvalue weighted by Gasteiger charge is 2.48. The summed E-state index contributed by atoms with van der Waals surface area (Å²) in [7, 11) is 0. The Balaban J connectivity index is 1.52. The van der Waals surface area contributed by atoms with Gasteiger partial charge in [-0.05, 0) is 56.9 Å². The van der Waals surface area contributed by atoms with Crippen LogP contribution in [0.1, 0.15) is 38.7 Å². The van der Waals surface area contributed by atoms with Crippen LogP contribution >= 0.6 is 0 Å². The second-order valence-electron chi connectivity index (χ2n) is 7.60. The van der Waals surface area contributed by atoms with Crippen LogP contribution in [0.25, 0.3) is 0 Å². The molecule has 0 saturated heterocycles. The summed E-state index contributed by atoms with van der Waals surface area (Å²) in [4.78, 5) is 23.3. The molecule has 0 spiro atoms. The largest absolute Gasteiger partial charge is 0.489 e. The number of ether oxygens (including phenoxy) is 2. The molecule has 1 aliphatic heterocycles. The minimum absolute atomic E-state index is 0.00287. The van der Waals surface area contributed by atoms with Crippen LogP contribution in [0, 0.1) is 5.92 Å². The number of amides is 2. The minimum atomic E-state index is -0.612. The number of alkyl carbamates (subject to hydrolysis) is 1. The van der Waals surface area contributed by atoms with Crippen molar-refractivity contribution in [3.8, 4) is 5.75 Å². The molecule has 2 aliphatic rings. The molecule has 1 fully saturated rings. The van der Waals surface area contributed by atoms with Crippen LogP contribution in [0.5, 0.6) is 5.75 Å². The summed E-state index contributed by atoms with van der Waals surface area (Å²) < 4.78 is 23.8. The lowest BCUT2D eigenvalue weighted by Crippen LogP contribution is -2.34. The lowest BCUT2D eigenvalue weighted by molar-refractivity contribution is -0.117. The molecule has 0 bridgehead atoms. The summed E-state index contributed by atoms with van der Waals surface area (Å²) >= 11 is 0. The van der Waals surface area contributed by atoms with Gasteiger partial charge in [0.05, 0.1) is 6.33 Å². The Morgan fingerprint density at radius 1 is 1.38 bits per heavy atom. The van der Waals surface area contributed by atoms with Crippen molar-refractivity contribution in [2.24, 2.45) is 5.92 Å². The quantitative estimate of drug-likeness (QED) is 0.840. The van der Waals surface area contributed by atoms with E-state index in [0.717, 1.165) is 17.7 Å². The highest BCUT2D eigenvalue weighted by Crippen LogP contribution is 2.53. The summed E-state index contributed by atoms with van der Waals surface area (Å²) in [5.74, 6) is 0.999. The fraction of sp³-hybridized carbons (Fsp3) is 0.474. The Hall–Kier alpha value is -2.57. The summed E-state index contributed by atoms with van der Waals surface area (Å²) in [6.45, 7) is 5.27. The molecule has 2 atom stereocenters. The molecule has 140 valence electrons. The van der Waals surface area contributed by atoms with E-state index in [1.165, 1.54) is 0 Å². The number of rotatable bonds is 5. The van der Waals surface area contributed by atoms with Crippen LogP contribution in [-0.4, -0.2) is 30.8 Å². The molecular formula is C19H23FN2O4. The average molecular weight is 362 g/mol. The number of nitrogens with one attached hydrogen (secondary N) is 2. The van der Waals surface area contributed by atoms with Gasteiger partial charge in [-0.25, -0.2) is 9.18 Å². The minimum Gasteiger partial charge on any atom is -0.489 e. The van der Waals surface area contributed by atoms with Crippen molar-refractivity contribution in [2.75, 3.05) is 18.5 Å². The number of carbonyl (C=O) groups is 2. The predicted octanol–water partition coefficient (Wildman–Crippen LogP) is 3.50. The zero-order chi connectivity index (χ0) is 18.9. The number of hydrogen-bond donors (Lipinski definition) is 2. The van der Waals surface area contributed by atoms with Crippen molar-refractivity contribution < 1.29 is 23.5 Å². The third-order valence-corrected chi connectivity index (χ3v) is 4.24. The number of halogens is 1. The number of benzene rings is 1. The van der Waals surface area contributed by atoms with Crippen molar-refractivity contribution in [3.63, 3.8) is 0 Å². The SMILES string of the molecule is CC(C)(C)OC(=O)NC/C(=C/F)COc1ccc2c(c1)C1CC1C(=O)N2. The first kappa shape index (κ1) is 18.2. The smallest absolute Gasteiger partial charge is 0.407 e. The maximum atomic E-state index is 13.1. The summed E-state index contributed by atoms with van der Waals surface area (Å²) in [6.07, 6.45) is 0.672. The van der Waals surface area contributed by atoms with E-state index < -0.39 is 11.7 Å². The zero-order valence-electron chi connectivity index (χ0n) is 15.1. The Labute approximate surface area is 151 Å². The van der Waals surface area contributed by atoms with Crippen molar-refractivity contribution >= 4 is 17.7 Å². The number of fused-ring (bicyclic) bond motifs is 3. The molecule has 2 amide bonds. The predicted molar refractivity (Wildman–Crippen MR) is 94.8 cm³/mol. The molecule has 1 aliphatic carbocycles. The van der Waals surface area contributed by atoms with Crippen LogP contribution < -0.4 is 15.4 Å². The normalized spacial score (nSPS) is 21.2. The second-order valence-corrected chi connectivity index (χ2v) is 7.60. The van der Waals surface area contributed by atoms with E-state index in [9.17, 15) is 14.0 Å². The highest BCUT2D eigenvalue weighted by atomic mass is 19.1.